The number of rotatable bonds is 6. The molecule has 0 radical (unpaired) electrons. The van der Waals surface area contributed by atoms with Crippen molar-refractivity contribution in [3.05, 3.63) is 71.8 Å². The second kappa shape index (κ2) is 7.94. The zero-order valence-electron chi connectivity index (χ0n) is 17.1. The molecule has 3 fully saturated rings. The molecule has 150 valence electrons. The van der Waals surface area contributed by atoms with Crippen LogP contribution in [0.2, 0.25) is 0 Å². The third-order valence-corrected chi connectivity index (χ3v) is 7.54. The van der Waals surface area contributed by atoms with Crippen molar-refractivity contribution in [1.29, 1.82) is 5.26 Å². The number of nitrogens with one attached hydrogen (secondary N) is 1. The van der Waals surface area contributed by atoms with Crippen LogP contribution in [-0.2, 0) is 5.41 Å². The zero-order valence-corrected chi connectivity index (χ0v) is 17.1. The molecule has 1 heterocycles. The zero-order chi connectivity index (χ0) is 19.7. The lowest BCUT2D eigenvalue weighted by molar-refractivity contribution is 0.0281. The van der Waals surface area contributed by atoms with Gasteiger partial charge in [-0.15, -0.1) is 0 Å². The molecule has 3 aliphatic rings. The van der Waals surface area contributed by atoms with Crippen molar-refractivity contribution < 1.29 is 0 Å². The summed E-state index contributed by atoms with van der Waals surface area (Å²) < 4.78 is 0. The van der Waals surface area contributed by atoms with E-state index in [9.17, 15) is 5.26 Å². The smallest absolute Gasteiger partial charge is 0.0823 e. The van der Waals surface area contributed by atoms with Crippen molar-refractivity contribution >= 4 is 0 Å². The molecule has 5 rings (SSSR count). The van der Waals surface area contributed by atoms with Gasteiger partial charge in [-0.05, 0) is 49.1 Å². The average Bonchev–Trinajstić information content (AvgIpc) is 3.54. The maximum atomic E-state index is 9.89. The summed E-state index contributed by atoms with van der Waals surface area (Å²) in [6, 6.07) is 25.4. The fourth-order valence-electron chi connectivity index (χ4n) is 5.53. The van der Waals surface area contributed by atoms with Crippen LogP contribution in [0.25, 0.3) is 0 Å². The Labute approximate surface area is 174 Å². The van der Waals surface area contributed by atoms with Gasteiger partial charge in [0.15, 0.2) is 0 Å². The van der Waals surface area contributed by atoms with Gasteiger partial charge < -0.3 is 5.32 Å². The largest absolute Gasteiger partial charge is 0.313 e. The van der Waals surface area contributed by atoms with E-state index >= 15 is 0 Å². The number of likely N-dealkylation sites (tertiary alicyclic amines) is 1. The molecule has 2 saturated carbocycles. The Morgan fingerprint density at radius 2 is 1.62 bits per heavy atom. The fraction of sp³-hybridized carbons (Fsp3) is 0.500. The third kappa shape index (κ3) is 3.84. The summed E-state index contributed by atoms with van der Waals surface area (Å²) in [4.78, 5) is 2.67. The summed E-state index contributed by atoms with van der Waals surface area (Å²) in [6.07, 6.45) is 5.60. The number of hydrogen-bond acceptors (Lipinski definition) is 3. The van der Waals surface area contributed by atoms with Crippen LogP contribution in [0.1, 0.15) is 49.1 Å². The van der Waals surface area contributed by atoms with Gasteiger partial charge >= 0.3 is 0 Å². The van der Waals surface area contributed by atoms with Crippen LogP contribution >= 0.6 is 0 Å². The van der Waals surface area contributed by atoms with Gasteiger partial charge in [0.1, 0.15) is 0 Å². The summed E-state index contributed by atoms with van der Waals surface area (Å²) in [5.41, 5.74) is 2.44. The van der Waals surface area contributed by atoms with Crippen LogP contribution in [0, 0.1) is 17.2 Å². The van der Waals surface area contributed by atoms with E-state index in [1.165, 1.54) is 30.6 Å². The van der Waals surface area contributed by atoms with E-state index in [1.54, 1.807) is 0 Å². The first-order valence-corrected chi connectivity index (χ1v) is 11.3. The Bertz CT molecular complexity index is 843. The van der Waals surface area contributed by atoms with Crippen molar-refractivity contribution in [2.45, 2.75) is 55.5 Å². The number of nitrogens with zero attached hydrogens (tertiary/aromatic N) is 2. The van der Waals surface area contributed by atoms with Crippen LogP contribution < -0.4 is 5.32 Å². The molecule has 3 heteroatoms. The molecule has 2 aliphatic carbocycles. The summed E-state index contributed by atoms with van der Waals surface area (Å²) in [5.74, 6) is 1.52. The van der Waals surface area contributed by atoms with E-state index in [-0.39, 0.29) is 5.41 Å². The van der Waals surface area contributed by atoms with Crippen molar-refractivity contribution in [3.63, 3.8) is 0 Å². The van der Waals surface area contributed by atoms with Crippen LogP contribution in [0.3, 0.4) is 0 Å². The average molecular weight is 386 g/mol. The molecule has 2 unspecified atom stereocenters. The predicted octanol–water partition coefficient (Wildman–Crippen LogP) is 4.47. The molecular weight excluding hydrogens is 354 g/mol. The predicted molar refractivity (Wildman–Crippen MR) is 117 cm³/mol. The summed E-state index contributed by atoms with van der Waals surface area (Å²) in [6.45, 7) is 3.61. The molecule has 3 nitrogen and oxygen atoms in total. The van der Waals surface area contributed by atoms with Gasteiger partial charge in [0.25, 0.3) is 0 Å². The van der Waals surface area contributed by atoms with Gasteiger partial charge in [0.05, 0.1) is 11.5 Å². The standard InChI is InChI=1S/C26H31N3/c27-19-26(22-9-5-2-6-10-22)13-11-23(12-14-26)29-17-20(18-29)16-28-25-15-24(25)21-7-3-1-4-8-21/h1-10,20,23-25,28H,11-18H2. The molecule has 2 aromatic rings. The molecule has 2 atom stereocenters. The van der Waals surface area contributed by atoms with Gasteiger partial charge in [-0.2, -0.15) is 5.26 Å². The molecule has 0 aromatic heterocycles. The van der Waals surface area contributed by atoms with E-state index in [0.29, 0.717) is 12.1 Å². The molecule has 29 heavy (non-hydrogen) atoms. The second-order valence-corrected chi connectivity index (χ2v) is 9.38. The molecule has 0 amide bonds. The number of hydrogen-bond donors (Lipinski definition) is 1. The first kappa shape index (κ1) is 18.9. The molecule has 1 N–H and O–H groups in total. The quantitative estimate of drug-likeness (QED) is 0.797. The fourth-order valence-corrected chi connectivity index (χ4v) is 5.53. The minimum Gasteiger partial charge on any atom is -0.313 e. The summed E-state index contributed by atoms with van der Waals surface area (Å²) >= 11 is 0. The van der Waals surface area contributed by atoms with Gasteiger partial charge in [-0.1, -0.05) is 60.7 Å². The summed E-state index contributed by atoms with van der Waals surface area (Å²) in [7, 11) is 0. The maximum Gasteiger partial charge on any atom is 0.0823 e. The molecule has 1 saturated heterocycles. The second-order valence-electron chi connectivity index (χ2n) is 9.38. The van der Waals surface area contributed by atoms with Crippen molar-refractivity contribution in [2.75, 3.05) is 19.6 Å². The first-order valence-electron chi connectivity index (χ1n) is 11.3. The van der Waals surface area contributed by atoms with Crippen LogP contribution in [0.15, 0.2) is 60.7 Å². The Kier molecular flexibility index (Phi) is 5.16. The van der Waals surface area contributed by atoms with E-state index in [1.807, 2.05) is 6.07 Å². The van der Waals surface area contributed by atoms with Gasteiger partial charge in [-0.3, -0.25) is 4.90 Å². The van der Waals surface area contributed by atoms with E-state index < -0.39 is 0 Å². The van der Waals surface area contributed by atoms with Gasteiger partial charge in [0, 0.05) is 37.6 Å². The minimum absolute atomic E-state index is 0.262. The Morgan fingerprint density at radius 3 is 2.28 bits per heavy atom. The lowest BCUT2D eigenvalue weighted by atomic mass is 9.68. The molecule has 2 aromatic carbocycles. The van der Waals surface area contributed by atoms with Crippen molar-refractivity contribution in [2.24, 2.45) is 5.92 Å². The SMILES string of the molecule is N#CC1(c2ccccc2)CCC(N2CC(CNC3CC3c3ccccc3)C2)CC1. The molecule has 0 spiro atoms. The van der Waals surface area contributed by atoms with Gasteiger partial charge in [-0.25, -0.2) is 0 Å². The van der Waals surface area contributed by atoms with E-state index in [4.69, 9.17) is 0 Å². The number of benzene rings is 2. The Balaban J connectivity index is 1.05. The highest BCUT2D eigenvalue weighted by atomic mass is 15.2. The highest BCUT2D eigenvalue weighted by Gasteiger charge is 2.42. The highest BCUT2D eigenvalue weighted by molar-refractivity contribution is 5.33. The third-order valence-electron chi connectivity index (χ3n) is 7.54. The lowest BCUT2D eigenvalue weighted by Crippen LogP contribution is -2.56. The normalized spacial score (nSPS) is 32.3. The van der Waals surface area contributed by atoms with Crippen molar-refractivity contribution in [1.82, 2.24) is 10.2 Å². The van der Waals surface area contributed by atoms with Crippen LogP contribution in [-0.4, -0.2) is 36.6 Å². The monoisotopic (exact) mass is 385 g/mol. The Morgan fingerprint density at radius 1 is 0.966 bits per heavy atom. The van der Waals surface area contributed by atoms with Gasteiger partial charge in [0.2, 0.25) is 0 Å². The van der Waals surface area contributed by atoms with Crippen molar-refractivity contribution in [3.8, 4) is 6.07 Å². The summed E-state index contributed by atoms with van der Waals surface area (Å²) in [5, 5.41) is 13.7. The van der Waals surface area contributed by atoms with Crippen LogP contribution in [0.4, 0.5) is 0 Å². The van der Waals surface area contributed by atoms with E-state index in [2.05, 4.69) is 70.9 Å². The Hall–Kier alpha value is -2.15. The molecule has 0 bridgehead atoms. The number of nitriles is 1. The van der Waals surface area contributed by atoms with E-state index in [0.717, 1.165) is 44.1 Å². The molecule has 1 aliphatic heterocycles. The maximum absolute atomic E-state index is 9.89. The topological polar surface area (TPSA) is 39.1 Å². The minimum atomic E-state index is -0.262. The molecular formula is C26H31N3. The first-order chi connectivity index (χ1) is 14.3. The van der Waals surface area contributed by atoms with Crippen LogP contribution in [0.5, 0.6) is 0 Å². The lowest BCUT2D eigenvalue weighted by Gasteiger charge is -2.48. The highest BCUT2D eigenvalue weighted by Crippen LogP contribution is 2.42.